The molecule has 0 aliphatic carbocycles. The number of amides is 2. The van der Waals surface area contributed by atoms with Crippen LogP contribution < -0.4 is 15.4 Å². The van der Waals surface area contributed by atoms with Crippen molar-refractivity contribution in [2.75, 3.05) is 17.7 Å². The standard InChI is InChI=1S/C25H18F2N4O3/c1-34-23-7-4-17(24(32)30-18-5-2-15(8-10-28)21(26)13-18)12-20(23)25(33)31-19-6-3-16(9-11-29)22(27)14-19/h2-7,12-14H,8-9H2,1H3,(H,30,32)(H,31,33). The predicted molar refractivity (Wildman–Crippen MR) is 120 cm³/mol. The summed E-state index contributed by atoms with van der Waals surface area (Å²) < 4.78 is 33.3. The SMILES string of the molecule is COc1ccc(C(=O)Nc2ccc(CC#N)c(F)c2)cc1C(=O)Nc1ccc(CC#N)c(F)c1. The molecule has 2 N–H and O–H groups in total. The van der Waals surface area contributed by atoms with Crippen molar-refractivity contribution in [1.82, 2.24) is 0 Å². The molecule has 0 spiro atoms. The maximum Gasteiger partial charge on any atom is 0.259 e. The molecule has 3 rings (SSSR count). The van der Waals surface area contributed by atoms with Crippen LogP contribution in [0.1, 0.15) is 31.8 Å². The van der Waals surface area contributed by atoms with Gasteiger partial charge in [-0.05, 0) is 42.5 Å². The first-order chi connectivity index (χ1) is 16.4. The van der Waals surface area contributed by atoms with Crippen LogP contribution in [0.15, 0.2) is 54.6 Å². The van der Waals surface area contributed by atoms with Crippen molar-refractivity contribution in [1.29, 1.82) is 10.5 Å². The van der Waals surface area contributed by atoms with E-state index in [4.69, 9.17) is 15.3 Å². The molecule has 0 saturated carbocycles. The van der Waals surface area contributed by atoms with Crippen molar-refractivity contribution in [3.05, 3.63) is 88.5 Å². The fourth-order valence-electron chi connectivity index (χ4n) is 3.14. The molecular formula is C25H18F2N4O3. The maximum atomic E-state index is 14.1. The zero-order valence-corrected chi connectivity index (χ0v) is 18.0. The molecule has 0 radical (unpaired) electrons. The van der Waals surface area contributed by atoms with Gasteiger partial charge in [0, 0.05) is 28.1 Å². The molecule has 3 aromatic rings. The number of halogens is 2. The Bertz CT molecular complexity index is 1340. The molecule has 0 unspecified atom stereocenters. The number of carbonyl (C=O) groups is 2. The van der Waals surface area contributed by atoms with Crippen LogP contribution in [0.25, 0.3) is 0 Å². The number of benzene rings is 3. The van der Waals surface area contributed by atoms with Gasteiger partial charge in [0.25, 0.3) is 11.8 Å². The zero-order chi connectivity index (χ0) is 24.7. The minimum absolute atomic E-state index is 0.0206. The lowest BCUT2D eigenvalue weighted by molar-refractivity contribution is 0.102. The molecule has 0 fully saturated rings. The first-order valence-electron chi connectivity index (χ1n) is 9.97. The van der Waals surface area contributed by atoms with Gasteiger partial charge in [0.1, 0.15) is 17.4 Å². The summed E-state index contributed by atoms with van der Waals surface area (Å²) >= 11 is 0. The topological polar surface area (TPSA) is 115 Å². The van der Waals surface area contributed by atoms with Gasteiger partial charge in [-0.25, -0.2) is 8.78 Å². The molecule has 9 heteroatoms. The number of hydrogen-bond donors (Lipinski definition) is 2. The molecule has 7 nitrogen and oxygen atoms in total. The zero-order valence-electron chi connectivity index (χ0n) is 18.0. The highest BCUT2D eigenvalue weighted by Crippen LogP contribution is 2.24. The molecule has 0 atom stereocenters. The molecule has 0 heterocycles. The lowest BCUT2D eigenvalue weighted by atomic mass is 10.1. The molecule has 2 amide bonds. The smallest absolute Gasteiger partial charge is 0.259 e. The molecule has 0 aliphatic heterocycles. The summed E-state index contributed by atoms with van der Waals surface area (Å²) in [5, 5.41) is 22.5. The van der Waals surface area contributed by atoms with Gasteiger partial charge >= 0.3 is 0 Å². The quantitative estimate of drug-likeness (QED) is 0.534. The van der Waals surface area contributed by atoms with Crippen molar-refractivity contribution in [2.45, 2.75) is 12.8 Å². The number of methoxy groups -OCH3 is 1. The fourth-order valence-corrected chi connectivity index (χ4v) is 3.14. The maximum absolute atomic E-state index is 14.1. The van der Waals surface area contributed by atoms with E-state index in [0.717, 1.165) is 12.1 Å². The Morgan fingerprint density at radius 2 is 1.35 bits per heavy atom. The minimum atomic E-state index is -0.647. The van der Waals surface area contributed by atoms with Crippen LogP contribution in [0.5, 0.6) is 5.75 Å². The lowest BCUT2D eigenvalue weighted by Gasteiger charge is -2.12. The fraction of sp³-hybridized carbons (Fsp3) is 0.120. The van der Waals surface area contributed by atoms with Gasteiger partial charge in [0.2, 0.25) is 0 Å². The van der Waals surface area contributed by atoms with E-state index in [9.17, 15) is 18.4 Å². The van der Waals surface area contributed by atoms with Crippen LogP contribution in [0.3, 0.4) is 0 Å². The van der Waals surface area contributed by atoms with E-state index < -0.39 is 23.4 Å². The van der Waals surface area contributed by atoms with Crippen molar-refractivity contribution < 1.29 is 23.1 Å². The van der Waals surface area contributed by atoms with Crippen LogP contribution in [0, 0.1) is 34.3 Å². The monoisotopic (exact) mass is 460 g/mol. The number of hydrogen-bond acceptors (Lipinski definition) is 5. The van der Waals surface area contributed by atoms with Crippen molar-refractivity contribution >= 4 is 23.2 Å². The second-order valence-corrected chi connectivity index (χ2v) is 7.11. The van der Waals surface area contributed by atoms with E-state index in [1.54, 1.807) is 0 Å². The highest BCUT2D eigenvalue weighted by Gasteiger charge is 2.17. The lowest BCUT2D eigenvalue weighted by Crippen LogP contribution is -2.17. The summed E-state index contributed by atoms with van der Waals surface area (Å²) in [6, 6.07) is 15.8. The number of nitriles is 2. The number of nitrogens with one attached hydrogen (secondary N) is 2. The van der Waals surface area contributed by atoms with Crippen molar-refractivity contribution in [3.63, 3.8) is 0 Å². The molecule has 34 heavy (non-hydrogen) atoms. The molecule has 0 saturated heterocycles. The average molecular weight is 460 g/mol. The highest BCUT2D eigenvalue weighted by molar-refractivity contribution is 6.10. The molecule has 0 aliphatic rings. The third-order valence-corrected chi connectivity index (χ3v) is 4.87. The Balaban J connectivity index is 1.81. The van der Waals surface area contributed by atoms with Gasteiger partial charge in [-0.2, -0.15) is 10.5 Å². The molecule has 0 aromatic heterocycles. The Morgan fingerprint density at radius 3 is 1.82 bits per heavy atom. The van der Waals surface area contributed by atoms with E-state index in [1.807, 2.05) is 12.1 Å². The van der Waals surface area contributed by atoms with E-state index in [2.05, 4.69) is 10.6 Å². The van der Waals surface area contributed by atoms with Gasteiger partial charge in [0.05, 0.1) is 37.7 Å². The predicted octanol–water partition coefficient (Wildman–Crippen LogP) is 4.61. The van der Waals surface area contributed by atoms with E-state index in [-0.39, 0.29) is 52.2 Å². The Kier molecular flexibility index (Phi) is 7.52. The molecular weight excluding hydrogens is 442 g/mol. The third-order valence-electron chi connectivity index (χ3n) is 4.87. The van der Waals surface area contributed by atoms with Crippen LogP contribution in [-0.4, -0.2) is 18.9 Å². The number of nitrogens with zero attached hydrogens (tertiary/aromatic N) is 2. The van der Waals surface area contributed by atoms with Crippen molar-refractivity contribution in [2.24, 2.45) is 0 Å². The van der Waals surface area contributed by atoms with Gasteiger partial charge in [-0.1, -0.05) is 12.1 Å². The normalized spacial score (nSPS) is 10.0. The van der Waals surface area contributed by atoms with Crippen LogP contribution in [-0.2, 0) is 12.8 Å². The second kappa shape index (κ2) is 10.7. The molecule has 3 aromatic carbocycles. The summed E-state index contributed by atoms with van der Waals surface area (Å²) in [7, 11) is 1.35. The first-order valence-corrected chi connectivity index (χ1v) is 9.97. The van der Waals surface area contributed by atoms with Gasteiger partial charge in [0.15, 0.2) is 0 Å². The van der Waals surface area contributed by atoms with Gasteiger partial charge in [-0.3, -0.25) is 9.59 Å². The highest BCUT2D eigenvalue weighted by atomic mass is 19.1. The average Bonchev–Trinajstić information content (AvgIpc) is 2.82. The summed E-state index contributed by atoms with van der Waals surface area (Å²) in [4.78, 5) is 25.5. The Labute approximate surface area is 194 Å². The van der Waals surface area contributed by atoms with E-state index in [1.165, 1.54) is 49.6 Å². The number of ether oxygens (including phenoxy) is 1. The van der Waals surface area contributed by atoms with Gasteiger partial charge < -0.3 is 15.4 Å². The van der Waals surface area contributed by atoms with Crippen LogP contribution in [0.4, 0.5) is 20.2 Å². The third kappa shape index (κ3) is 5.53. The second-order valence-electron chi connectivity index (χ2n) is 7.11. The number of anilines is 2. The Morgan fingerprint density at radius 1 is 0.824 bits per heavy atom. The molecule has 170 valence electrons. The number of rotatable bonds is 7. The number of carbonyl (C=O) groups excluding carboxylic acids is 2. The summed E-state index contributed by atoms with van der Waals surface area (Å²) in [6.07, 6.45) is -0.196. The largest absolute Gasteiger partial charge is 0.496 e. The summed E-state index contributed by atoms with van der Waals surface area (Å²) in [5.74, 6) is -2.32. The van der Waals surface area contributed by atoms with E-state index in [0.29, 0.717) is 0 Å². The van der Waals surface area contributed by atoms with Crippen molar-refractivity contribution in [3.8, 4) is 17.9 Å². The van der Waals surface area contributed by atoms with Crippen LogP contribution >= 0.6 is 0 Å². The molecule has 0 bridgehead atoms. The van der Waals surface area contributed by atoms with Crippen LogP contribution in [0.2, 0.25) is 0 Å². The first kappa shape index (κ1) is 23.9. The van der Waals surface area contributed by atoms with Gasteiger partial charge in [-0.15, -0.1) is 0 Å². The minimum Gasteiger partial charge on any atom is -0.496 e. The summed E-state index contributed by atoms with van der Waals surface area (Å²) in [5.41, 5.74) is 0.873. The Hall–Kier alpha value is -4.76. The van der Waals surface area contributed by atoms with E-state index >= 15 is 0 Å². The summed E-state index contributed by atoms with van der Waals surface area (Å²) in [6.45, 7) is 0.